The molecule has 1 heterocycles. The molecule has 18 heavy (non-hydrogen) atoms. The van der Waals surface area contributed by atoms with E-state index in [1.165, 1.54) is 24.5 Å². The van der Waals surface area contributed by atoms with E-state index >= 15 is 0 Å². The van der Waals surface area contributed by atoms with Crippen LogP contribution >= 0.6 is 0 Å². The molecule has 1 aromatic carbocycles. The van der Waals surface area contributed by atoms with E-state index in [4.69, 9.17) is 0 Å². The minimum absolute atomic E-state index is 0.190. The fraction of sp³-hybridized carbons (Fsp3) is 0.308. The number of ether oxygens (including phenoxy) is 1. The van der Waals surface area contributed by atoms with Crippen molar-refractivity contribution in [3.05, 3.63) is 36.2 Å². The average Bonchev–Trinajstić information content (AvgIpc) is 2.30. The summed E-state index contributed by atoms with van der Waals surface area (Å²) in [5.74, 6) is -0.190. The van der Waals surface area contributed by atoms with E-state index in [0.717, 1.165) is 0 Å². The van der Waals surface area contributed by atoms with Gasteiger partial charge in [0.25, 0.3) is 0 Å². The number of hydrogen-bond acceptors (Lipinski definition) is 2. The standard InChI is InChI=1S/C11H8F3NO.C2H6/c1-7-5-15-6-8-3-2-4-9(10(7)8)16-11(12,13)14;1-2/h2-6H,1H3;1-2H3. The number of aryl methyl sites for hydroxylation is 1. The Morgan fingerprint density at radius 2 is 1.78 bits per heavy atom. The van der Waals surface area contributed by atoms with E-state index in [0.29, 0.717) is 16.3 Å². The zero-order valence-corrected chi connectivity index (χ0v) is 10.4. The summed E-state index contributed by atoms with van der Waals surface area (Å²) in [4.78, 5) is 3.91. The third-order valence-corrected chi connectivity index (χ3v) is 2.16. The Balaban J connectivity index is 0.000000771. The lowest BCUT2D eigenvalue weighted by molar-refractivity contribution is -0.274. The molecule has 0 aliphatic carbocycles. The number of fused-ring (bicyclic) bond motifs is 1. The molecule has 0 amide bonds. The smallest absolute Gasteiger partial charge is 0.405 e. The van der Waals surface area contributed by atoms with Crippen LogP contribution in [0.25, 0.3) is 10.8 Å². The van der Waals surface area contributed by atoms with E-state index in [1.807, 2.05) is 13.8 Å². The Bertz CT molecular complexity index is 518. The van der Waals surface area contributed by atoms with Crippen molar-refractivity contribution in [2.75, 3.05) is 0 Å². The molecule has 0 fully saturated rings. The lowest BCUT2D eigenvalue weighted by Gasteiger charge is -2.12. The van der Waals surface area contributed by atoms with Gasteiger partial charge in [0.05, 0.1) is 0 Å². The zero-order valence-electron chi connectivity index (χ0n) is 10.4. The van der Waals surface area contributed by atoms with Crippen LogP contribution in [0.5, 0.6) is 5.75 Å². The molecule has 0 radical (unpaired) electrons. The van der Waals surface area contributed by atoms with Gasteiger partial charge in [0.1, 0.15) is 5.75 Å². The van der Waals surface area contributed by atoms with Crippen LogP contribution in [-0.4, -0.2) is 11.3 Å². The fourth-order valence-electron chi connectivity index (χ4n) is 1.58. The van der Waals surface area contributed by atoms with Crippen LogP contribution in [0, 0.1) is 6.92 Å². The maximum Gasteiger partial charge on any atom is 0.573 e. The van der Waals surface area contributed by atoms with Gasteiger partial charge >= 0.3 is 6.36 Å². The summed E-state index contributed by atoms with van der Waals surface area (Å²) in [6.45, 7) is 5.69. The fourth-order valence-corrected chi connectivity index (χ4v) is 1.58. The topological polar surface area (TPSA) is 22.1 Å². The molecule has 0 N–H and O–H groups in total. The van der Waals surface area contributed by atoms with Gasteiger partial charge in [-0.15, -0.1) is 13.2 Å². The van der Waals surface area contributed by atoms with E-state index in [-0.39, 0.29) is 5.75 Å². The predicted octanol–water partition coefficient (Wildman–Crippen LogP) is 4.47. The van der Waals surface area contributed by atoms with Crippen LogP contribution in [0.1, 0.15) is 19.4 Å². The van der Waals surface area contributed by atoms with E-state index < -0.39 is 6.36 Å². The van der Waals surface area contributed by atoms with Crippen LogP contribution in [-0.2, 0) is 0 Å². The SMILES string of the molecule is CC.Cc1cncc2cccc(OC(F)(F)F)c12. The molecule has 0 bridgehead atoms. The Morgan fingerprint density at radius 3 is 2.39 bits per heavy atom. The van der Waals surface area contributed by atoms with Gasteiger partial charge in [-0.25, -0.2) is 0 Å². The molecule has 0 saturated carbocycles. The van der Waals surface area contributed by atoms with E-state index in [9.17, 15) is 13.2 Å². The lowest BCUT2D eigenvalue weighted by Crippen LogP contribution is -2.17. The number of aromatic nitrogens is 1. The third-order valence-electron chi connectivity index (χ3n) is 2.16. The normalized spacial score (nSPS) is 10.8. The van der Waals surface area contributed by atoms with Crippen LogP contribution < -0.4 is 4.74 Å². The summed E-state index contributed by atoms with van der Waals surface area (Å²) in [5.41, 5.74) is 0.650. The highest BCUT2D eigenvalue weighted by Gasteiger charge is 2.31. The minimum atomic E-state index is -4.68. The summed E-state index contributed by atoms with van der Waals surface area (Å²) < 4.78 is 40.5. The van der Waals surface area contributed by atoms with Gasteiger partial charge in [0.2, 0.25) is 0 Å². The van der Waals surface area contributed by atoms with Crippen molar-refractivity contribution in [1.29, 1.82) is 0 Å². The number of hydrogen-bond donors (Lipinski definition) is 0. The summed E-state index contributed by atoms with van der Waals surface area (Å²) in [6.07, 6.45) is -1.67. The molecule has 5 heteroatoms. The quantitative estimate of drug-likeness (QED) is 0.752. The van der Waals surface area contributed by atoms with Gasteiger partial charge < -0.3 is 4.74 Å². The monoisotopic (exact) mass is 257 g/mol. The molecule has 2 rings (SSSR count). The number of rotatable bonds is 1. The molecule has 0 unspecified atom stereocenters. The maximum atomic E-state index is 12.2. The molecule has 2 nitrogen and oxygen atoms in total. The van der Waals surface area contributed by atoms with Gasteiger partial charge in [0, 0.05) is 23.2 Å². The Hall–Kier alpha value is -1.78. The largest absolute Gasteiger partial charge is 0.573 e. The molecular weight excluding hydrogens is 243 g/mol. The number of benzene rings is 1. The molecule has 0 atom stereocenters. The van der Waals surface area contributed by atoms with Crippen LogP contribution in [0.4, 0.5) is 13.2 Å². The van der Waals surface area contributed by atoms with Crippen molar-refractivity contribution < 1.29 is 17.9 Å². The van der Waals surface area contributed by atoms with Gasteiger partial charge in [-0.05, 0) is 18.6 Å². The zero-order chi connectivity index (χ0) is 13.8. The highest BCUT2D eigenvalue weighted by molar-refractivity contribution is 5.90. The number of halogens is 3. The second-order valence-electron chi connectivity index (χ2n) is 3.36. The molecule has 0 aliphatic rings. The Morgan fingerprint density at radius 1 is 1.11 bits per heavy atom. The van der Waals surface area contributed by atoms with Crippen LogP contribution in [0.3, 0.4) is 0 Å². The second-order valence-corrected chi connectivity index (χ2v) is 3.36. The Labute approximate surface area is 103 Å². The first-order valence-electron chi connectivity index (χ1n) is 5.56. The van der Waals surface area contributed by atoms with Gasteiger partial charge in [0.15, 0.2) is 0 Å². The Kier molecular flexibility index (Phi) is 4.53. The van der Waals surface area contributed by atoms with Crippen molar-refractivity contribution in [2.45, 2.75) is 27.1 Å². The first kappa shape index (κ1) is 14.3. The summed E-state index contributed by atoms with van der Waals surface area (Å²) >= 11 is 0. The van der Waals surface area contributed by atoms with E-state index in [1.54, 1.807) is 13.0 Å². The second kappa shape index (κ2) is 5.71. The summed E-state index contributed by atoms with van der Waals surface area (Å²) in [5, 5.41) is 1.07. The van der Waals surface area contributed by atoms with Gasteiger partial charge in [-0.3, -0.25) is 4.98 Å². The highest BCUT2D eigenvalue weighted by atomic mass is 19.4. The van der Waals surface area contributed by atoms with Crippen LogP contribution in [0.15, 0.2) is 30.6 Å². The van der Waals surface area contributed by atoms with Crippen molar-refractivity contribution in [1.82, 2.24) is 4.98 Å². The van der Waals surface area contributed by atoms with Gasteiger partial charge in [-0.2, -0.15) is 0 Å². The molecule has 0 saturated heterocycles. The first-order chi connectivity index (χ1) is 8.47. The summed E-state index contributed by atoms with van der Waals surface area (Å²) in [6, 6.07) is 4.49. The molecule has 0 spiro atoms. The van der Waals surface area contributed by atoms with Crippen molar-refractivity contribution >= 4 is 10.8 Å². The number of nitrogens with zero attached hydrogens (tertiary/aromatic N) is 1. The molecule has 1 aromatic heterocycles. The molecular formula is C13H14F3NO. The van der Waals surface area contributed by atoms with Crippen molar-refractivity contribution in [3.8, 4) is 5.75 Å². The average molecular weight is 257 g/mol. The van der Waals surface area contributed by atoms with Crippen molar-refractivity contribution in [3.63, 3.8) is 0 Å². The summed E-state index contributed by atoms with van der Waals surface area (Å²) in [7, 11) is 0. The van der Waals surface area contributed by atoms with Crippen molar-refractivity contribution in [2.24, 2.45) is 0 Å². The molecule has 0 aliphatic heterocycles. The van der Waals surface area contributed by atoms with E-state index in [2.05, 4.69) is 9.72 Å². The number of alkyl halides is 3. The predicted molar refractivity (Wildman–Crippen MR) is 64.5 cm³/mol. The van der Waals surface area contributed by atoms with Crippen LogP contribution in [0.2, 0.25) is 0 Å². The highest BCUT2D eigenvalue weighted by Crippen LogP contribution is 2.31. The number of pyridine rings is 1. The maximum absolute atomic E-state index is 12.2. The molecule has 2 aromatic rings. The lowest BCUT2D eigenvalue weighted by atomic mass is 10.1. The molecule has 98 valence electrons. The third kappa shape index (κ3) is 3.35. The van der Waals surface area contributed by atoms with Gasteiger partial charge in [-0.1, -0.05) is 26.0 Å². The minimum Gasteiger partial charge on any atom is -0.405 e. The first-order valence-corrected chi connectivity index (χ1v) is 5.56.